The molecule has 1 aliphatic heterocycles. The summed E-state index contributed by atoms with van der Waals surface area (Å²) in [5.41, 5.74) is 10.3. The van der Waals surface area contributed by atoms with Crippen LogP contribution in [0.4, 0.5) is 0 Å². The fraction of sp³-hybridized carbons (Fsp3) is 1.00. The van der Waals surface area contributed by atoms with Crippen LogP contribution in [0.1, 0.15) is 19.3 Å². The van der Waals surface area contributed by atoms with Gasteiger partial charge in [0.15, 0.2) is 0 Å². The van der Waals surface area contributed by atoms with Gasteiger partial charge in [0.25, 0.3) is 0 Å². The van der Waals surface area contributed by atoms with E-state index in [1.807, 2.05) is 0 Å². The normalized spacial score (nSPS) is 16.0. The maximum Gasteiger partial charge on any atom is 0.697 e. The molecule has 0 amide bonds. The van der Waals surface area contributed by atoms with Gasteiger partial charge in [0, 0.05) is 66.3 Å². The molecule has 0 aromatic carbocycles. The van der Waals surface area contributed by atoms with E-state index in [4.69, 9.17) is 20.5 Å². The van der Waals surface area contributed by atoms with Crippen LogP contribution in [0.25, 0.3) is 0 Å². The summed E-state index contributed by atoms with van der Waals surface area (Å²) in [7, 11) is -1.79. The standard InChI is InChI=1S/C5H10O3P.C4H13N3.La/c6-9-7-4-2-1-3-5-8-9;5-1-3-7-4-2-6;/h1-5H2;7H,1-6H2;/q+1;;. The summed E-state index contributed by atoms with van der Waals surface area (Å²) in [5, 5.41) is 3.03. The molecular weight excluding hydrogens is 368 g/mol. The number of hydrogen-bond donors (Lipinski definition) is 3. The van der Waals surface area contributed by atoms with Gasteiger partial charge in [-0.1, -0.05) is 0 Å². The van der Waals surface area contributed by atoms with Crippen LogP contribution in [-0.4, -0.2) is 39.4 Å². The van der Waals surface area contributed by atoms with Gasteiger partial charge >= 0.3 is 8.25 Å². The summed E-state index contributed by atoms with van der Waals surface area (Å²) in [6, 6.07) is 0. The van der Waals surface area contributed by atoms with E-state index in [0.717, 1.165) is 32.4 Å². The Bertz CT molecular complexity index is 164. The van der Waals surface area contributed by atoms with Gasteiger partial charge in [0.05, 0.1) is 0 Å². The molecule has 0 saturated carbocycles. The molecule has 6 nitrogen and oxygen atoms in total. The summed E-state index contributed by atoms with van der Waals surface area (Å²) in [5.74, 6) is 0. The zero-order valence-corrected chi connectivity index (χ0v) is 14.8. The molecule has 0 aromatic rings. The molecule has 1 saturated heterocycles. The molecular formula is C9H23LaN3O3P+. The van der Waals surface area contributed by atoms with E-state index in [1.54, 1.807) is 0 Å². The fourth-order valence-electron chi connectivity index (χ4n) is 1.03. The van der Waals surface area contributed by atoms with Crippen molar-refractivity contribution >= 4 is 8.25 Å². The van der Waals surface area contributed by atoms with Crippen LogP contribution in [0.15, 0.2) is 0 Å². The predicted molar refractivity (Wildman–Crippen MR) is 64.3 cm³/mol. The minimum absolute atomic E-state index is 0. The minimum Gasteiger partial charge on any atom is -0.329 e. The summed E-state index contributed by atoms with van der Waals surface area (Å²) < 4.78 is 20.1. The molecule has 99 valence electrons. The smallest absolute Gasteiger partial charge is 0.329 e. The van der Waals surface area contributed by atoms with Crippen LogP contribution in [-0.2, 0) is 13.6 Å². The zero-order chi connectivity index (χ0) is 12.1. The van der Waals surface area contributed by atoms with Crippen molar-refractivity contribution in [1.29, 1.82) is 0 Å². The first-order chi connectivity index (χ1) is 7.81. The SMILES string of the molecule is NCCNCCN.O=[P+]1OCCCCCO1.[La]. The molecule has 8 heteroatoms. The molecule has 0 bridgehead atoms. The minimum atomic E-state index is -1.79. The Labute approximate surface area is 132 Å². The van der Waals surface area contributed by atoms with Gasteiger partial charge in [0.1, 0.15) is 13.2 Å². The fourth-order valence-corrected chi connectivity index (χ4v) is 1.66. The summed E-state index contributed by atoms with van der Waals surface area (Å²) in [4.78, 5) is 0. The Hall–Kier alpha value is 1.09. The Morgan fingerprint density at radius 3 is 1.88 bits per heavy atom. The van der Waals surface area contributed by atoms with Gasteiger partial charge in [0.2, 0.25) is 0 Å². The van der Waals surface area contributed by atoms with E-state index in [-0.39, 0.29) is 35.6 Å². The largest absolute Gasteiger partial charge is 0.697 e. The molecule has 0 unspecified atom stereocenters. The van der Waals surface area contributed by atoms with Crippen molar-refractivity contribution in [2.75, 3.05) is 39.4 Å². The topological polar surface area (TPSA) is 99.6 Å². The first kappa shape index (κ1) is 20.4. The van der Waals surface area contributed by atoms with Crippen molar-refractivity contribution in [2.24, 2.45) is 11.5 Å². The van der Waals surface area contributed by atoms with Crippen LogP contribution >= 0.6 is 8.25 Å². The van der Waals surface area contributed by atoms with E-state index < -0.39 is 8.25 Å². The van der Waals surface area contributed by atoms with Crippen LogP contribution in [0.3, 0.4) is 0 Å². The zero-order valence-electron chi connectivity index (χ0n) is 10.3. The van der Waals surface area contributed by atoms with Crippen LogP contribution < -0.4 is 16.8 Å². The molecule has 17 heavy (non-hydrogen) atoms. The Morgan fingerprint density at radius 2 is 1.47 bits per heavy atom. The van der Waals surface area contributed by atoms with Crippen LogP contribution in [0, 0.1) is 35.6 Å². The second-order valence-corrected chi connectivity index (χ2v) is 4.24. The van der Waals surface area contributed by atoms with Crippen LogP contribution in [0.5, 0.6) is 0 Å². The first-order valence-electron chi connectivity index (χ1n) is 5.65. The third kappa shape index (κ3) is 17.1. The van der Waals surface area contributed by atoms with E-state index in [0.29, 0.717) is 26.3 Å². The molecule has 1 aliphatic rings. The molecule has 0 aromatic heterocycles. The monoisotopic (exact) mass is 391 g/mol. The van der Waals surface area contributed by atoms with Gasteiger partial charge in [-0.3, -0.25) is 0 Å². The van der Waals surface area contributed by atoms with Crippen LogP contribution in [0.2, 0.25) is 0 Å². The van der Waals surface area contributed by atoms with Gasteiger partial charge in [-0.15, -0.1) is 9.05 Å². The van der Waals surface area contributed by atoms with E-state index >= 15 is 0 Å². The van der Waals surface area contributed by atoms with Gasteiger partial charge in [-0.25, -0.2) is 0 Å². The van der Waals surface area contributed by atoms with Gasteiger partial charge in [-0.2, -0.15) is 0 Å². The molecule has 0 atom stereocenters. The second-order valence-electron chi connectivity index (χ2n) is 3.28. The molecule has 1 radical (unpaired) electrons. The molecule has 5 N–H and O–H groups in total. The first-order valence-corrected chi connectivity index (χ1v) is 6.74. The Morgan fingerprint density at radius 1 is 1.00 bits per heavy atom. The Kier molecular flexibility index (Phi) is 20.5. The quantitative estimate of drug-likeness (QED) is 0.473. The van der Waals surface area contributed by atoms with Crippen molar-refractivity contribution < 1.29 is 49.2 Å². The predicted octanol–water partition coefficient (Wildman–Crippen LogP) is 0.354. The average Bonchev–Trinajstić information content (AvgIpc) is 2.25. The van der Waals surface area contributed by atoms with Crippen molar-refractivity contribution in [2.45, 2.75) is 19.3 Å². The van der Waals surface area contributed by atoms with E-state index in [9.17, 15) is 4.57 Å². The third-order valence-electron chi connectivity index (χ3n) is 1.82. The maximum absolute atomic E-state index is 10.5. The molecule has 0 spiro atoms. The van der Waals surface area contributed by atoms with E-state index in [2.05, 4.69) is 5.32 Å². The second kappa shape index (κ2) is 17.1. The number of nitrogens with one attached hydrogen (secondary N) is 1. The van der Waals surface area contributed by atoms with Crippen molar-refractivity contribution in [3.05, 3.63) is 0 Å². The van der Waals surface area contributed by atoms with Gasteiger partial charge < -0.3 is 16.8 Å². The number of rotatable bonds is 4. The van der Waals surface area contributed by atoms with Crippen molar-refractivity contribution in [3.63, 3.8) is 0 Å². The van der Waals surface area contributed by atoms with Crippen molar-refractivity contribution in [1.82, 2.24) is 5.32 Å². The number of hydrogen-bond acceptors (Lipinski definition) is 6. The summed E-state index contributed by atoms with van der Waals surface area (Å²) in [6.07, 6.45) is 3.12. The number of nitrogens with two attached hydrogens (primary N) is 2. The Balaban J connectivity index is 0. The summed E-state index contributed by atoms with van der Waals surface area (Å²) in [6.45, 7) is 4.29. The van der Waals surface area contributed by atoms with Gasteiger partial charge in [-0.05, 0) is 19.3 Å². The molecule has 0 aliphatic carbocycles. The maximum atomic E-state index is 10.5. The molecule has 1 fully saturated rings. The average molecular weight is 391 g/mol. The molecule has 1 heterocycles. The van der Waals surface area contributed by atoms with E-state index in [1.165, 1.54) is 0 Å². The third-order valence-corrected chi connectivity index (χ3v) is 2.61. The summed E-state index contributed by atoms with van der Waals surface area (Å²) >= 11 is 0. The van der Waals surface area contributed by atoms with Crippen molar-refractivity contribution in [3.8, 4) is 0 Å². The molecule has 1 rings (SSSR count).